The molecule has 6 heteroatoms. The molecular formula is C23H24N4O2. The van der Waals surface area contributed by atoms with Gasteiger partial charge in [0, 0.05) is 30.9 Å². The number of pyridine rings is 1. The topological polar surface area (TPSA) is 69.4 Å². The van der Waals surface area contributed by atoms with Crippen molar-refractivity contribution in [2.45, 2.75) is 38.8 Å². The number of ether oxygens (including phenoxy) is 1. The summed E-state index contributed by atoms with van der Waals surface area (Å²) in [6.07, 6.45) is 6.21. The molecule has 0 spiro atoms. The molecule has 6 nitrogen and oxygen atoms in total. The fourth-order valence-electron chi connectivity index (χ4n) is 3.78. The molecule has 0 amide bonds. The smallest absolute Gasteiger partial charge is 0.218 e. The van der Waals surface area contributed by atoms with Gasteiger partial charge in [0.15, 0.2) is 0 Å². The van der Waals surface area contributed by atoms with Crippen LogP contribution in [0, 0.1) is 0 Å². The number of rotatable bonds is 7. The van der Waals surface area contributed by atoms with Gasteiger partial charge in [-0.15, -0.1) is 0 Å². The van der Waals surface area contributed by atoms with Gasteiger partial charge in [-0.25, -0.2) is 9.98 Å². The fourth-order valence-corrected chi connectivity index (χ4v) is 3.78. The Balaban J connectivity index is 1.54. The largest absolute Gasteiger partial charge is 0.481 e. The molecule has 29 heavy (non-hydrogen) atoms. The van der Waals surface area contributed by atoms with Crippen molar-refractivity contribution in [3.63, 3.8) is 0 Å². The van der Waals surface area contributed by atoms with E-state index >= 15 is 0 Å². The summed E-state index contributed by atoms with van der Waals surface area (Å²) in [5, 5.41) is 0. The van der Waals surface area contributed by atoms with Crippen molar-refractivity contribution in [3.05, 3.63) is 83.2 Å². The van der Waals surface area contributed by atoms with E-state index < -0.39 is 0 Å². The van der Waals surface area contributed by atoms with E-state index in [4.69, 9.17) is 9.72 Å². The first-order chi connectivity index (χ1) is 14.1. The fraction of sp³-hybridized carbons (Fsp3) is 0.304. The molecule has 1 atom stereocenters. The zero-order valence-electron chi connectivity index (χ0n) is 16.7. The number of aromatic nitrogens is 3. The number of methoxy groups -OCH3 is 1. The summed E-state index contributed by atoms with van der Waals surface area (Å²) in [6.45, 7) is 3.21. The maximum absolute atomic E-state index is 12.7. The predicted octanol–water partition coefficient (Wildman–Crippen LogP) is 3.54. The van der Waals surface area contributed by atoms with Crippen LogP contribution < -0.4 is 0 Å². The van der Waals surface area contributed by atoms with Crippen molar-refractivity contribution in [1.29, 1.82) is 0 Å². The zero-order chi connectivity index (χ0) is 20.2. The number of aliphatic imine (C=N–C) groups is 1. The minimum atomic E-state index is 0.187. The van der Waals surface area contributed by atoms with E-state index in [0.29, 0.717) is 31.8 Å². The summed E-state index contributed by atoms with van der Waals surface area (Å²) in [6, 6.07) is 12.1. The number of hydrogen-bond acceptors (Lipinski definition) is 5. The molecular weight excluding hydrogens is 364 g/mol. The molecule has 0 fully saturated rings. The number of hydrogen-bond donors (Lipinski definition) is 0. The summed E-state index contributed by atoms with van der Waals surface area (Å²) in [5.74, 6) is 0.985. The number of imidazole rings is 1. The van der Waals surface area contributed by atoms with Crippen molar-refractivity contribution in [2.24, 2.45) is 4.99 Å². The Hall–Kier alpha value is -3.28. The second-order valence-electron chi connectivity index (χ2n) is 7.39. The first-order valence-corrected chi connectivity index (χ1v) is 9.77. The van der Waals surface area contributed by atoms with Gasteiger partial charge in [0.1, 0.15) is 5.78 Å². The van der Waals surface area contributed by atoms with E-state index in [0.717, 1.165) is 22.5 Å². The Morgan fingerprint density at radius 2 is 2.10 bits per heavy atom. The van der Waals surface area contributed by atoms with Crippen LogP contribution in [0.3, 0.4) is 0 Å². The Kier molecular flexibility index (Phi) is 5.51. The van der Waals surface area contributed by atoms with Crippen molar-refractivity contribution in [2.75, 3.05) is 7.11 Å². The Labute approximate surface area is 170 Å². The van der Waals surface area contributed by atoms with Gasteiger partial charge in [-0.1, -0.05) is 37.3 Å². The highest BCUT2D eigenvalue weighted by molar-refractivity contribution is 5.98. The lowest BCUT2D eigenvalue weighted by atomic mass is 9.94. The van der Waals surface area contributed by atoms with E-state index in [1.165, 1.54) is 5.56 Å². The van der Waals surface area contributed by atoms with Crippen LogP contribution >= 0.6 is 0 Å². The summed E-state index contributed by atoms with van der Waals surface area (Å²) in [4.78, 5) is 26.1. The quantitative estimate of drug-likeness (QED) is 0.621. The van der Waals surface area contributed by atoms with Crippen LogP contribution in [0.1, 0.15) is 47.3 Å². The highest BCUT2D eigenvalue weighted by Crippen LogP contribution is 2.25. The van der Waals surface area contributed by atoms with Crippen LogP contribution in [-0.4, -0.2) is 33.3 Å². The van der Waals surface area contributed by atoms with Crippen molar-refractivity contribution in [1.82, 2.24) is 14.5 Å². The third-order valence-electron chi connectivity index (χ3n) is 5.20. The van der Waals surface area contributed by atoms with Gasteiger partial charge in [-0.2, -0.15) is 0 Å². The third-order valence-corrected chi connectivity index (χ3v) is 5.20. The third kappa shape index (κ3) is 4.26. The van der Waals surface area contributed by atoms with Crippen LogP contribution in [0.25, 0.3) is 0 Å². The number of carbonyl (C=O) groups excluding carboxylic acids is 1. The van der Waals surface area contributed by atoms with E-state index in [2.05, 4.69) is 29.0 Å². The van der Waals surface area contributed by atoms with Gasteiger partial charge >= 0.3 is 0 Å². The molecule has 0 bridgehead atoms. The molecule has 1 aliphatic rings. The highest BCUT2D eigenvalue weighted by Gasteiger charge is 2.24. The minimum Gasteiger partial charge on any atom is -0.481 e. The molecule has 0 radical (unpaired) electrons. The number of nitrogens with zero attached hydrogens (tertiary/aromatic N) is 4. The number of fused-ring (bicyclic) bond motifs is 1. The van der Waals surface area contributed by atoms with Crippen LogP contribution in [-0.2, 0) is 29.0 Å². The summed E-state index contributed by atoms with van der Waals surface area (Å²) < 4.78 is 7.39. The Morgan fingerprint density at radius 3 is 2.83 bits per heavy atom. The summed E-state index contributed by atoms with van der Waals surface area (Å²) in [5.41, 5.74) is 4.83. The molecule has 0 unspecified atom stereocenters. The molecule has 2 aromatic heterocycles. The van der Waals surface area contributed by atoms with Crippen LogP contribution in [0.15, 0.2) is 60.1 Å². The first-order valence-electron chi connectivity index (χ1n) is 9.77. The van der Waals surface area contributed by atoms with Crippen LogP contribution in [0.2, 0.25) is 0 Å². The molecule has 1 aliphatic heterocycles. The first kappa shape index (κ1) is 19.1. The standard InChI is InChI=1S/C23H24N4O2/c1-16(17-6-4-3-5-7-17)10-20(28)12-19-11-18-13-25-23(29-2)22(18)21(26-19)14-27-9-8-24-15-27/h3-9,11,15-16H,10,12-14H2,1-2H3/t16-/m0/s1. The van der Waals surface area contributed by atoms with Gasteiger partial charge in [0.05, 0.1) is 37.8 Å². The molecule has 1 aromatic carbocycles. The second kappa shape index (κ2) is 8.39. The predicted molar refractivity (Wildman–Crippen MR) is 111 cm³/mol. The highest BCUT2D eigenvalue weighted by atomic mass is 16.5. The molecule has 4 rings (SSSR count). The van der Waals surface area contributed by atoms with Crippen LogP contribution in [0.4, 0.5) is 0 Å². The molecule has 0 saturated carbocycles. The molecule has 0 N–H and O–H groups in total. The van der Waals surface area contributed by atoms with Crippen LogP contribution in [0.5, 0.6) is 0 Å². The number of benzene rings is 1. The summed E-state index contributed by atoms with van der Waals surface area (Å²) in [7, 11) is 1.62. The number of carbonyl (C=O) groups is 1. The van der Waals surface area contributed by atoms with Gasteiger partial charge in [0.2, 0.25) is 5.90 Å². The second-order valence-corrected chi connectivity index (χ2v) is 7.39. The number of ketones is 1. The van der Waals surface area contributed by atoms with Crippen molar-refractivity contribution >= 4 is 11.7 Å². The Bertz CT molecular complexity index is 1030. The average Bonchev–Trinajstić information content (AvgIpc) is 3.38. The normalized spacial score (nSPS) is 13.7. The van der Waals surface area contributed by atoms with Gasteiger partial charge in [-0.05, 0) is 23.1 Å². The Morgan fingerprint density at radius 1 is 1.28 bits per heavy atom. The van der Waals surface area contributed by atoms with Gasteiger partial charge in [0.25, 0.3) is 0 Å². The molecule has 148 valence electrons. The SMILES string of the molecule is COC1=NCc2cc(CC(=O)C[C@H](C)c3ccccc3)nc(Cn3ccnc3)c21. The number of Topliss-reactive ketones (excluding diaryl/α,β-unsaturated/α-hetero) is 1. The average molecular weight is 388 g/mol. The van der Waals surface area contributed by atoms with E-state index in [9.17, 15) is 4.79 Å². The maximum atomic E-state index is 12.7. The lowest BCUT2D eigenvalue weighted by Gasteiger charge is -2.14. The molecule has 3 aromatic rings. The lowest BCUT2D eigenvalue weighted by molar-refractivity contribution is -0.118. The lowest BCUT2D eigenvalue weighted by Crippen LogP contribution is -2.14. The summed E-state index contributed by atoms with van der Waals surface area (Å²) >= 11 is 0. The van der Waals surface area contributed by atoms with Gasteiger partial charge in [-0.3, -0.25) is 9.78 Å². The van der Waals surface area contributed by atoms with Crippen molar-refractivity contribution < 1.29 is 9.53 Å². The minimum absolute atomic E-state index is 0.187. The van der Waals surface area contributed by atoms with Gasteiger partial charge < -0.3 is 9.30 Å². The van der Waals surface area contributed by atoms with Crippen molar-refractivity contribution in [3.8, 4) is 0 Å². The molecule has 3 heterocycles. The van der Waals surface area contributed by atoms with E-state index in [-0.39, 0.29) is 11.7 Å². The molecule has 0 saturated heterocycles. The maximum Gasteiger partial charge on any atom is 0.218 e. The van der Waals surface area contributed by atoms with E-state index in [1.807, 2.05) is 35.0 Å². The van der Waals surface area contributed by atoms with E-state index in [1.54, 1.807) is 19.6 Å². The zero-order valence-corrected chi connectivity index (χ0v) is 16.7. The molecule has 0 aliphatic carbocycles. The monoisotopic (exact) mass is 388 g/mol.